The van der Waals surface area contributed by atoms with E-state index in [1.165, 1.54) is 6.08 Å². The predicted octanol–water partition coefficient (Wildman–Crippen LogP) is 1.78. The third-order valence-electron chi connectivity index (χ3n) is 1.24. The molecule has 0 saturated heterocycles. The van der Waals surface area contributed by atoms with E-state index in [1.54, 1.807) is 6.92 Å². The first-order chi connectivity index (χ1) is 6.57. The van der Waals surface area contributed by atoms with Crippen LogP contribution in [0.3, 0.4) is 0 Å². The summed E-state index contributed by atoms with van der Waals surface area (Å²) in [4.78, 5) is 10.8. The first-order valence-electron chi connectivity index (χ1n) is 4.17. The summed E-state index contributed by atoms with van der Waals surface area (Å²) >= 11 is 0. The fraction of sp³-hybridized carbons (Fsp3) is 0.444. The molecule has 0 aromatic carbocycles. The second kappa shape index (κ2) is 7.54. The third kappa shape index (κ3) is 6.63. The van der Waals surface area contributed by atoms with Crippen molar-refractivity contribution in [3.8, 4) is 0 Å². The number of allylic oxidation sites excluding steroid dienone is 1. The van der Waals surface area contributed by atoms with Crippen LogP contribution >= 0.6 is 8.03 Å². The van der Waals surface area contributed by atoms with Crippen molar-refractivity contribution in [2.45, 2.75) is 6.92 Å². The van der Waals surface area contributed by atoms with Gasteiger partial charge < -0.3 is 9.26 Å². The zero-order chi connectivity index (χ0) is 11.0. The minimum absolute atomic E-state index is 0.0965. The zero-order valence-electron chi connectivity index (χ0n) is 8.25. The van der Waals surface area contributed by atoms with Crippen LogP contribution in [0, 0.1) is 0 Å². The molecular formula is C9H15O4P. The van der Waals surface area contributed by atoms with Crippen LogP contribution < -0.4 is 0 Å². The van der Waals surface area contributed by atoms with E-state index in [2.05, 4.69) is 13.2 Å². The summed E-state index contributed by atoms with van der Waals surface area (Å²) in [6.07, 6.45) is 1.88. The Labute approximate surface area is 84.5 Å². The largest absolute Gasteiger partial charge is 0.460 e. The Balaban J connectivity index is 3.47. The van der Waals surface area contributed by atoms with Crippen molar-refractivity contribution in [3.63, 3.8) is 0 Å². The van der Waals surface area contributed by atoms with E-state index in [4.69, 9.17) is 9.26 Å². The molecule has 5 heteroatoms. The molecule has 80 valence electrons. The number of hydrogen-bond acceptors (Lipinski definition) is 4. The molecule has 0 aliphatic carbocycles. The standard InChI is InChI=1S/C9H15O4P/c1-4-7-14(11)13-6-5-12-9(10)8(2)3/h4,14H,1-2,5-7H2,3H3. The number of esters is 1. The number of rotatable bonds is 7. The van der Waals surface area contributed by atoms with Gasteiger partial charge in [0.05, 0.1) is 6.61 Å². The fourth-order valence-electron chi connectivity index (χ4n) is 0.590. The molecule has 14 heavy (non-hydrogen) atoms. The molecule has 1 atom stereocenters. The quantitative estimate of drug-likeness (QED) is 0.215. The summed E-state index contributed by atoms with van der Waals surface area (Å²) in [6.45, 7) is 8.64. The Bertz CT molecular complexity index is 247. The SMILES string of the molecule is C=CC[PH](=O)OCCOC(=O)C(=C)C. The van der Waals surface area contributed by atoms with Crippen molar-refractivity contribution in [1.29, 1.82) is 0 Å². The smallest absolute Gasteiger partial charge is 0.333 e. The normalized spacial score (nSPS) is 11.8. The van der Waals surface area contributed by atoms with Crippen LogP contribution in [-0.2, 0) is 18.6 Å². The number of ether oxygens (including phenoxy) is 1. The third-order valence-corrected chi connectivity index (χ3v) is 2.39. The molecule has 0 aliphatic rings. The Morgan fingerprint density at radius 2 is 2.14 bits per heavy atom. The van der Waals surface area contributed by atoms with Crippen molar-refractivity contribution in [1.82, 2.24) is 0 Å². The van der Waals surface area contributed by atoms with Gasteiger partial charge in [-0.25, -0.2) is 4.79 Å². The highest BCUT2D eigenvalue weighted by atomic mass is 31.1. The summed E-state index contributed by atoms with van der Waals surface area (Å²) in [5.41, 5.74) is 0.337. The highest BCUT2D eigenvalue weighted by molar-refractivity contribution is 7.39. The van der Waals surface area contributed by atoms with E-state index in [-0.39, 0.29) is 13.2 Å². The fourth-order valence-corrected chi connectivity index (χ4v) is 1.25. The minimum Gasteiger partial charge on any atom is -0.460 e. The van der Waals surface area contributed by atoms with E-state index >= 15 is 0 Å². The van der Waals surface area contributed by atoms with Crippen molar-refractivity contribution < 1.29 is 18.6 Å². The first kappa shape index (κ1) is 13.1. The van der Waals surface area contributed by atoms with Gasteiger partial charge >= 0.3 is 5.97 Å². The van der Waals surface area contributed by atoms with Crippen LogP contribution in [0.15, 0.2) is 24.8 Å². The van der Waals surface area contributed by atoms with Gasteiger partial charge in [-0.2, -0.15) is 0 Å². The van der Waals surface area contributed by atoms with E-state index in [0.29, 0.717) is 11.7 Å². The lowest BCUT2D eigenvalue weighted by Gasteiger charge is -2.04. The van der Waals surface area contributed by atoms with Gasteiger partial charge in [0, 0.05) is 11.7 Å². The summed E-state index contributed by atoms with van der Waals surface area (Å²) in [7, 11) is -2.04. The highest BCUT2D eigenvalue weighted by Crippen LogP contribution is 2.20. The maximum atomic E-state index is 11.0. The second-order valence-corrected chi connectivity index (χ2v) is 4.07. The van der Waals surface area contributed by atoms with Gasteiger partial charge in [0.2, 0.25) is 0 Å². The predicted molar refractivity (Wildman–Crippen MR) is 55.8 cm³/mol. The number of hydrogen-bond donors (Lipinski definition) is 0. The van der Waals surface area contributed by atoms with Crippen LogP contribution in [0.2, 0.25) is 0 Å². The number of carbonyl (C=O) groups excluding carboxylic acids is 1. The van der Waals surface area contributed by atoms with Crippen LogP contribution in [-0.4, -0.2) is 25.3 Å². The van der Waals surface area contributed by atoms with Crippen LogP contribution in [0.5, 0.6) is 0 Å². The molecule has 0 bridgehead atoms. The van der Waals surface area contributed by atoms with E-state index < -0.39 is 14.0 Å². The average molecular weight is 218 g/mol. The van der Waals surface area contributed by atoms with Gasteiger partial charge in [-0.1, -0.05) is 12.7 Å². The lowest BCUT2D eigenvalue weighted by atomic mass is 10.4. The van der Waals surface area contributed by atoms with Crippen molar-refractivity contribution in [3.05, 3.63) is 24.8 Å². The van der Waals surface area contributed by atoms with Gasteiger partial charge in [0.25, 0.3) is 0 Å². The average Bonchev–Trinajstić information content (AvgIpc) is 2.12. The monoisotopic (exact) mass is 218 g/mol. The Kier molecular flexibility index (Phi) is 7.07. The summed E-state index contributed by atoms with van der Waals surface area (Å²) in [6, 6.07) is 0. The Morgan fingerprint density at radius 3 is 2.64 bits per heavy atom. The molecule has 0 aromatic heterocycles. The number of carbonyl (C=O) groups is 1. The molecule has 1 unspecified atom stereocenters. The molecule has 0 aliphatic heterocycles. The molecule has 0 rings (SSSR count). The Hall–Kier alpha value is -0.860. The minimum atomic E-state index is -2.04. The topological polar surface area (TPSA) is 52.6 Å². The van der Waals surface area contributed by atoms with Crippen molar-refractivity contribution in [2.75, 3.05) is 19.4 Å². The van der Waals surface area contributed by atoms with E-state index in [9.17, 15) is 9.36 Å². The van der Waals surface area contributed by atoms with Crippen LogP contribution in [0.25, 0.3) is 0 Å². The van der Waals surface area contributed by atoms with Gasteiger partial charge in [0.1, 0.15) is 6.61 Å². The molecule has 0 spiro atoms. The molecule has 4 nitrogen and oxygen atoms in total. The molecule has 0 amide bonds. The van der Waals surface area contributed by atoms with Crippen molar-refractivity contribution in [2.24, 2.45) is 0 Å². The Morgan fingerprint density at radius 1 is 1.50 bits per heavy atom. The van der Waals surface area contributed by atoms with Gasteiger partial charge in [-0.05, 0) is 6.92 Å². The van der Waals surface area contributed by atoms with Gasteiger partial charge in [-0.15, -0.1) is 6.58 Å². The van der Waals surface area contributed by atoms with Crippen LogP contribution in [0.1, 0.15) is 6.92 Å². The molecule has 0 heterocycles. The molecule has 0 radical (unpaired) electrons. The lowest BCUT2D eigenvalue weighted by Crippen LogP contribution is -2.09. The highest BCUT2D eigenvalue weighted by Gasteiger charge is 2.02. The van der Waals surface area contributed by atoms with Gasteiger partial charge in [0.15, 0.2) is 8.03 Å². The molecule has 0 saturated carbocycles. The molecule has 0 N–H and O–H groups in total. The van der Waals surface area contributed by atoms with Crippen LogP contribution in [0.4, 0.5) is 0 Å². The molecule has 0 fully saturated rings. The molecule has 0 aromatic rings. The first-order valence-corrected chi connectivity index (χ1v) is 5.69. The summed E-state index contributed by atoms with van der Waals surface area (Å²) in [5, 5.41) is 0. The zero-order valence-corrected chi connectivity index (χ0v) is 9.25. The molecular weight excluding hydrogens is 203 g/mol. The second-order valence-electron chi connectivity index (χ2n) is 2.63. The van der Waals surface area contributed by atoms with E-state index in [1.807, 2.05) is 0 Å². The van der Waals surface area contributed by atoms with E-state index in [0.717, 1.165) is 0 Å². The van der Waals surface area contributed by atoms with Crippen molar-refractivity contribution >= 4 is 14.0 Å². The summed E-state index contributed by atoms with van der Waals surface area (Å²) in [5.74, 6) is -0.461. The summed E-state index contributed by atoms with van der Waals surface area (Å²) < 4.78 is 20.6. The van der Waals surface area contributed by atoms with Gasteiger partial charge in [-0.3, -0.25) is 4.57 Å². The maximum absolute atomic E-state index is 11.0. The lowest BCUT2D eigenvalue weighted by molar-refractivity contribution is -0.139. The maximum Gasteiger partial charge on any atom is 0.333 e.